The number of aromatic nitrogens is 2. The summed E-state index contributed by atoms with van der Waals surface area (Å²) in [4.78, 5) is 16.7. The quantitative estimate of drug-likeness (QED) is 0.658. The van der Waals surface area contributed by atoms with E-state index in [0.717, 1.165) is 74.7 Å². The molecule has 1 aromatic heterocycles. The fourth-order valence-electron chi connectivity index (χ4n) is 5.68. The molecule has 4 heterocycles. The van der Waals surface area contributed by atoms with Crippen molar-refractivity contribution in [1.29, 1.82) is 5.26 Å². The van der Waals surface area contributed by atoms with Crippen molar-refractivity contribution in [3.8, 4) is 12.1 Å². The van der Waals surface area contributed by atoms with Crippen molar-refractivity contribution in [1.82, 2.24) is 20.2 Å². The summed E-state index contributed by atoms with van der Waals surface area (Å²) in [5.41, 5.74) is 3.67. The molecule has 0 aliphatic carbocycles. The number of ether oxygens (including phenoxy) is 1. The first-order valence-corrected chi connectivity index (χ1v) is 13.1. The smallest absolute Gasteiger partial charge is 0.318 e. The Morgan fingerprint density at radius 1 is 1.19 bits per heavy atom. The lowest BCUT2D eigenvalue weighted by molar-refractivity contribution is 0.187. The van der Waals surface area contributed by atoms with Crippen LogP contribution in [0.5, 0.6) is 6.01 Å². The van der Waals surface area contributed by atoms with Gasteiger partial charge in [-0.2, -0.15) is 15.2 Å². The van der Waals surface area contributed by atoms with Crippen LogP contribution in [0.1, 0.15) is 42.5 Å². The van der Waals surface area contributed by atoms with E-state index in [1.165, 1.54) is 12.5 Å². The van der Waals surface area contributed by atoms with Crippen molar-refractivity contribution in [3.05, 3.63) is 40.8 Å². The highest BCUT2D eigenvalue weighted by Gasteiger charge is 2.29. The maximum atomic E-state index is 14.4. The Hall–Kier alpha value is -2.96. The van der Waals surface area contributed by atoms with Gasteiger partial charge in [0.05, 0.1) is 24.7 Å². The van der Waals surface area contributed by atoms with Gasteiger partial charge in [0.25, 0.3) is 0 Å². The molecule has 9 heteroatoms. The number of anilines is 2. The van der Waals surface area contributed by atoms with Gasteiger partial charge in [0.15, 0.2) is 0 Å². The number of likely N-dealkylation sites (N-methyl/N-ethyl adjacent to an activating group) is 1. The molecular formula is C27H36FN7O. The lowest BCUT2D eigenvalue weighted by Gasteiger charge is -2.35. The second-order valence-corrected chi connectivity index (χ2v) is 10.2. The first-order chi connectivity index (χ1) is 17.5. The molecule has 0 saturated carbocycles. The third-order valence-corrected chi connectivity index (χ3v) is 7.79. The van der Waals surface area contributed by atoms with E-state index in [4.69, 9.17) is 14.7 Å². The van der Waals surface area contributed by atoms with Crippen molar-refractivity contribution < 1.29 is 9.13 Å². The minimum atomic E-state index is -0.186. The molecule has 1 N–H and O–H groups in total. The highest BCUT2D eigenvalue weighted by Crippen LogP contribution is 2.32. The van der Waals surface area contributed by atoms with Gasteiger partial charge in [0.1, 0.15) is 18.2 Å². The molecule has 8 nitrogen and oxygen atoms in total. The molecule has 2 aromatic rings. The minimum Gasteiger partial charge on any atom is -0.462 e. The Bertz CT molecular complexity index is 1120. The zero-order valence-corrected chi connectivity index (χ0v) is 21.3. The Kier molecular flexibility index (Phi) is 7.54. The number of hydrogen-bond acceptors (Lipinski definition) is 8. The van der Waals surface area contributed by atoms with Crippen LogP contribution in [0.2, 0.25) is 0 Å². The number of piperazine rings is 1. The van der Waals surface area contributed by atoms with Gasteiger partial charge in [-0.15, -0.1) is 0 Å². The van der Waals surface area contributed by atoms with Gasteiger partial charge in [-0.3, -0.25) is 0 Å². The molecule has 3 aliphatic heterocycles. The zero-order valence-electron chi connectivity index (χ0n) is 21.3. The van der Waals surface area contributed by atoms with E-state index in [1.807, 2.05) is 13.0 Å². The predicted molar refractivity (Wildman–Crippen MR) is 138 cm³/mol. The van der Waals surface area contributed by atoms with Crippen LogP contribution in [-0.4, -0.2) is 73.3 Å². The van der Waals surface area contributed by atoms with Crippen molar-refractivity contribution in [3.63, 3.8) is 0 Å². The lowest BCUT2D eigenvalue weighted by atomic mass is 10.1. The summed E-state index contributed by atoms with van der Waals surface area (Å²) in [5.74, 6) is 0.742. The number of nitriles is 1. The van der Waals surface area contributed by atoms with E-state index in [9.17, 15) is 9.65 Å². The highest BCUT2D eigenvalue weighted by molar-refractivity contribution is 5.57. The minimum absolute atomic E-state index is 0.114. The van der Waals surface area contributed by atoms with Crippen LogP contribution in [0.15, 0.2) is 18.2 Å². The van der Waals surface area contributed by atoms with Gasteiger partial charge in [0, 0.05) is 55.1 Å². The lowest BCUT2D eigenvalue weighted by Crippen LogP contribution is -2.51. The first-order valence-electron chi connectivity index (χ1n) is 13.1. The number of rotatable bonds is 6. The molecule has 192 valence electrons. The van der Waals surface area contributed by atoms with Gasteiger partial charge in [-0.05, 0) is 58.3 Å². The number of nitrogens with one attached hydrogen (secondary N) is 1. The number of nitrogens with zero attached hydrogens (tertiary/aromatic N) is 6. The topological polar surface area (TPSA) is 80.6 Å². The van der Waals surface area contributed by atoms with Crippen LogP contribution < -0.4 is 19.9 Å². The molecule has 5 rings (SSSR count). The van der Waals surface area contributed by atoms with Gasteiger partial charge >= 0.3 is 6.01 Å². The second-order valence-electron chi connectivity index (χ2n) is 10.2. The van der Waals surface area contributed by atoms with E-state index < -0.39 is 0 Å². The predicted octanol–water partition coefficient (Wildman–Crippen LogP) is 3.04. The third kappa shape index (κ3) is 5.25. The highest BCUT2D eigenvalue weighted by atomic mass is 19.1. The largest absolute Gasteiger partial charge is 0.462 e. The summed E-state index contributed by atoms with van der Waals surface area (Å²) in [6.45, 7) is 7.27. The van der Waals surface area contributed by atoms with Gasteiger partial charge < -0.3 is 24.8 Å². The van der Waals surface area contributed by atoms with Gasteiger partial charge in [-0.25, -0.2) is 4.39 Å². The number of fused-ring (bicyclic) bond motifs is 1. The number of halogens is 1. The van der Waals surface area contributed by atoms with Crippen molar-refractivity contribution in [2.75, 3.05) is 56.2 Å². The molecule has 36 heavy (non-hydrogen) atoms. The molecule has 0 bridgehead atoms. The van der Waals surface area contributed by atoms with E-state index in [-0.39, 0.29) is 11.9 Å². The summed E-state index contributed by atoms with van der Waals surface area (Å²) in [7, 11) is 2.14. The molecule has 3 aliphatic rings. The normalized spacial score (nSPS) is 22.7. The molecule has 2 atom stereocenters. The van der Waals surface area contributed by atoms with E-state index >= 15 is 0 Å². The second kappa shape index (κ2) is 11.0. The molecule has 0 amide bonds. The Morgan fingerprint density at radius 3 is 2.89 bits per heavy atom. The third-order valence-electron chi connectivity index (χ3n) is 7.79. The van der Waals surface area contributed by atoms with Crippen molar-refractivity contribution in [2.24, 2.45) is 0 Å². The summed E-state index contributed by atoms with van der Waals surface area (Å²) in [6.07, 6.45) is 4.56. The average Bonchev–Trinajstić information content (AvgIpc) is 3.17. The van der Waals surface area contributed by atoms with Crippen LogP contribution in [0.25, 0.3) is 0 Å². The van der Waals surface area contributed by atoms with Crippen molar-refractivity contribution >= 4 is 11.5 Å². The van der Waals surface area contributed by atoms with Crippen LogP contribution in [0.4, 0.5) is 15.9 Å². The molecular weight excluding hydrogens is 457 g/mol. The Morgan fingerprint density at radius 2 is 2.08 bits per heavy atom. The maximum Gasteiger partial charge on any atom is 0.318 e. The molecule has 2 fully saturated rings. The van der Waals surface area contributed by atoms with Gasteiger partial charge in [0.2, 0.25) is 0 Å². The summed E-state index contributed by atoms with van der Waals surface area (Å²) >= 11 is 0. The summed E-state index contributed by atoms with van der Waals surface area (Å²) < 4.78 is 20.6. The fraction of sp³-hybridized carbons (Fsp3) is 0.593. The van der Waals surface area contributed by atoms with Crippen LogP contribution in [0.3, 0.4) is 0 Å². The summed E-state index contributed by atoms with van der Waals surface area (Å²) in [5, 5.41) is 12.7. The van der Waals surface area contributed by atoms with Crippen molar-refractivity contribution in [2.45, 2.75) is 57.7 Å². The van der Waals surface area contributed by atoms with Crippen LogP contribution >= 0.6 is 0 Å². The standard InChI is InChI=1S/C27H36FN7O/c1-19-23(28)8-3-9-25(19)34-14-5-7-22-24(17-34)31-27(36-18-21-6-4-13-33(21)2)32-26(22)35-15-12-30-20(16-35)10-11-29/h3,8-9,20-21,30H,4-7,10,12-18H2,1-2H3/t20-,21-/m0/s1. The monoisotopic (exact) mass is 493 g/mol. The maximum absolute atomic E-state index is 14.4. The zero-order chi connectivity index (χ0) is 25.1. The van der Waals surface area contributed by atoms with Gasteiger partial charge in [-0.1, -0.05) is 6.07 Å². The Labute approximate surface area is 213 Å². The first kappa shape index (κ1) is 24.7. The van der Waals surface area contributed by atoms with E-state index in [2.05, 4.69) is 33.1 Å². The molecule has 2 saturated heterocycles. The number of benzene rings is 1. The average molecular weight is 494 g/mol. The molecule has 1 aromatic carbocycles. The fourth-order valence-corrected chi connectivity index (χ4v) is 5.68. The molecule has 0 spiro atoms. The number of hydrogen-bond donors (Lipinski definition) is 1. The van der Waals surface area contributed by atoms with E-state index in [1.54, 1.807) is 6.07 Å². The Balaban J connectivity index is 1.47. The SMILES string of the molecule is Cc1c(F)cccc1N1CCCc2c(nc(OC[C@@H]3CCCN3C)nc2N2CCN[C@@H](CC#N)C2)C1. The molecule has 0 unspecified atom stereocenters. The number of likely N-dealkylation sites (tertiary alicyclic amines) is 1. The van der Waals surface area contributed by atoms with Crippen LogP contribution in [0, 0.1) is 24.1 Å². The summed E-state index contributed by atoms with van der Waals surface area (Å²) in [6, 6.07) is 8.47. The van der Waals surface area contributed by atoms with E-state index in [0.29, 0.717) is 37.2 Å². The van der Waals surface area contributed by atoms with Crippen LogP contribution in [-0.2, 0) is 13.0 Å². The molecule has 0 radical (unpaired) electrons.